The van der Waals surface area contributed by atoms with E-state index >= 15 is 0 Å². The van der Waals surface area contributed by atoms with E-state index in [2.05, 4.69) is 9.59 Å². The van der Waals surface area contributed by atoms with E-state index in [4.69, 9.17) is 5.73 Å². The van der Waals surface area contributed by atoms with Crippen LogP contribution in [0, 0.1) is 17.6 Å². The zero-order valence-corrected chi connectivity index (χ0v) is 19.8. The monoisotopic (exact) mass is 492 g/mol. The lowest BCUT2D eigenvalue weighted by molar-refractivity contribution is 0.214. The molecule has 0 aliphatic heterocycles. The quantitative estimate of drug-likeness (QED) is 0.533. The molecule has 0 saturated heterocycles. The molecule has 1 saturated carbocycles. The third-order valence-electron chi connectivity index (χ3n) is 6.51. The van der Waals surface area contributed by atoms with Gasteiger partial charge in [0.15, 0.2) is 0 Å². The summed E-state index contributed by atoms with van der Waals surface area (Å²) >= 11 is 1.24. The second-order valence-corrected chi connectivity index (χ2v) is 11.1. The van der Waals surface area contributed by atoms with Crippen molar-refractivity contribution in [3.63, 3.8) is 0 Å². The molecule has 2 N–H and O–H groups in total. The zero-order chi connectivity index (χ0) is 23.6. The van der Waals surface area contributed by atoms with Gasteiger partial charge < -0.3 is 5.73 Å². The lowest BCUT2D eigenvalue weighted by Crippen LogP contribution is -2.42. The molecular formula is C23H26F2N4O2S2. The molecule has 6 nitrogen and oxygen atoms in total. The van der Waals surface area contributed by atoms with Crippen molar-refractivity contribution in [3.05, 3.63) is 65.0 Å². The van der Waals surface area contributed by atoms with Crippen molar-refractivity contribution in [1.29, 1.82) is 0 Å². The summed E-state index contributed by atoms with van der Waals surface area (Å²) in [4.78, 5) is 0.234. The first-order valence-corrected chi connectivity index (χ1v) is 13.1. The van der Waals surface area contributed by atoms with Crippen molar-refractivity contribution in [3.8, 4) is 11.3 Å². The zero-order valence-electron chi connectivity index (χ0n) is 18.2. The Balaban J connectivity index is 1.37. The highest BCUT2D eigenvalue weighted by atomic mass is 32.2. The summed E-state index contributed by atoms with van der Waals surface area (Å²) < 4.78 is 59.0. The van der Waals surface area contributed by atoms with Crippen LogP contribution in [0.25, 0.3) is 11.3 Å². The number of hydrogen-bond acceptors (Lipinski definition) is 6. The van der Waals surface area contributed by atoms with E-state index in [-0.39, 0.29) is 34.9 Å². The van der Waals surface area contributed by atoms with Gasteiger partial charge in [0.1, 0.15) is 17.3 Å². The van der Waals surface area contributed by atoms with Crippen LogP contribution >= 0.6 is 11.5 Å². The molecule has 1 aromatic heterocycles. The normalized spacial score (nSPS) is 20.2. The average molecular weight is 493 g/mol. The highest BCUT2D eigenvalue weighted by Crippen LogP contribution is 2.32. The van der Waals surface area contributed by atoms with Crippen molar-refractivity contribution >= 4 is 21.6 Å². The van der Waals surface area contributed by atoms with Gasteiger partial charge in [0, 0.05) is 30.1 Å². The first-order valence-electron chi connectivity index (χ1n) is 10.8. The van der Waals surface area contributed by atoms with E-state index in [1.807, 2.05) is 5.38 Å². The lowest BCUT2D eigenvalue weighted by Gasteiger charge is -2.36. The van der Waals surface area contributed by atoms with Crippen molar-refractivity contribution in [2.75, 3.05) is 7.05 Å². The number of rotatable bonds is 7. The van der Waals surface area contributed by atoms with Gasteiger partial charge in [-0.1, -0.05) is 16.6 Å². The van der Waals surface area contributed by atoms with Crippen molar-refractivity contribution in [1.82, 2.24) is 13.9 Å². The molecule has 0 amide bonds. The van der Waals surface area contributed by atoms with Crippen LogP contribution in [0.1, 0.15) is 31.2 Å². The fourth-order valence-electron chi connectivity index (χ4n) is 4.46. The standard InChI is InChI=1S/C23H26F2N4O2S2/c1-29(33(30,31)20-9-4-16(5-10-20)23-14-32-28-27-23)19-7-2-15(3-8-19)22(26)13-17-12-18(24)6-11-21(17)25/h4-6,9-12,14-15,19,22H,2-3,7-8,13,26H2,1H3/t15?,19?,22-/m1/s1. The van der Waals surface area contributed by atoms with Crippen LogP contribution in [0.5, 0.6) is 0 Å². The Morgan fingerprint density at radius 3 is 2.45 bits per heavy atom. The van der Waals surface area contributed by atoms with Crippen LogP contribution in [-0.4, -0.2) is 41.4 Å². The van der Waals surface area contributed by atoms with E-state index in [1.165, 1.54) is 21.9 Å². The van der Waals surface area contributed by atoms with Crippen molar-refractivity contribution in [2.24, 2.45) is 11.7 Å². The number of halogens is 2. The van der Waals surface area contributed by atoms with Crippen LogP contribution in [-0.2, 0) is 16.4 Å². The largest absolute Gasteiger partial charge is 0.327 e. The minimum Gasteiger partial charge on any atom is -0.327 e. The Bertz CT molecular complexity index is 1180. The Labute approximate surface area is 196 Å². The molecule has 10 heteroatoms. The summed E-state index contributed by atoms with van der Waals surface area (Å²) in [6, 6.07) is 9.62. The maximum absolute atomic E-state index is 14.0. The Hall–Kier alpha value is -2.27. The predicted octanol–water partition coefficient (Wildman–Crippen LogP) is 4.23. The second kappa shape index (κ2) is 9.92. The summed E-state index contributed by atoms with van der Waals surface area (Å²) in [6.07, 6.45) is 3.06. The second-order valence-electron chi connectivity index (χ2n) is 8.51. The van der Waals surface area contributed by atoms with Crippen LogP contribution in [0.4, 0.5) is 8.78 Å². The molecule has 33 heavy (non-hydrogen) atoms. The highest BCUT2D eigenvalue weighted by Gasteiger charge is 2.33. The molecular weight excluding hydrogens is 466 g/mol. The molecule has 1 aliphatic carbocycles. The van der Waals surface area contributed by atoms with Gasteiger partial charge in [0.25, 0.3) is 0 Å². The number of nitrogens with zero attached hydrogens (tertiary/aromatic N) is 3. The molecule has 1 atom stereocenters. The van der Waals surface area contributed by atoms with Crippen LogP contribution in [0.3, 0.4) is 0 Å². The first kappa shape index (κ1) is 23.9. The fourth-order valence-corrected chi connectivity index (χ4v) is 6.35. The number of hydrogen-bond donors (Lipinski definition) is 1. The van der Waals surface area contributed by atoms with Gasteiger partial charge in [0.2, 0.25) is 10.0 Å². The SMILES string of the molecule is CN(C1CCC([C@H](N)Cc2cc(F)ccc2F)CC1)S(=O)(=O)c1ccc(-c2csnn2)cc1. The van der Waals surface area contributed by atoms with Gasteiger partial charge in [-0.15, -0.1) is 5.10 Å². The van der Waals surface area contributed by atoms with Crippen LogP contribution < -0.4 is 5.73 Å². The summed E-state index contributed by atoms with van der Waals surface area (Å²) in [7, 11) is -2.03. The van der Waals surface area contributed by atoms with E-state index in [0.717, 1.165) is 30.5 Å². The van der Waals surface area contributed by atoms with Gasteiger partial charge >= 0.3 is 0 Å². The molecule has 3 aromatic rings. The van der Waals surface area contributed by atoms with Crippen LogP contribution in [0.2, 0.25) is 0 Å². The summed E-state index contributed by atoms with van der Waals surface area (Å²) in [5, 5.41) is 5.81. The molecule has 176 valence electrons. The predicted molar refractivity (Wildman–Crippen MR) is 124 cm³/mol. The topological polar surface area (TPSA) is 89.2 Å². The summed E-state index contributed by atoms with van der Waals surface area (Å²) in [6.45, 7) is 0. The maximum atomic E-state index is 14.0. The summed E-state index contributed by atoms with van der Waals surface area (Å²) in [5.74, 6) is -0.806. The number of benzene rings is 2. The molecule has 4 rings (SSSR count). The van der Waals surface area contributed by atoms with Crippen molar-refractivity contribution in [2.45, 2.75) is 49.1 Å². The molecule has 1 aliphatic rings. The maximum Gasteiger partial charge on any atom is 0.243 e. The van der Waals surface area contributed by atoms with E-state index in [0.29, 0.717) is 18.5 Å². The third kappa shape index (κ3) is 5.29. The molecule has 0 bridgehead atoms. The van der Waals surface area contributed by atoms with Crippen LogP contribution in [0.15, 0.2) is 52.7 Å². The number of aromatic nitrogens is 2. The third-order valence-corrected chi connectivity index (χ3v) is 8.94. The van der Waals surface area contributed by atoms with Gasteiger partial charge in [-0.05, 0) is 85.4 Å². The van der Waals surface area contributed by atoms with E-state index in [9.17, 15) is 17.2 Å². The van der Waals surface area contributed by atoms with Gasteiger partial charge in [-0.2, -0.15) is 4.31 Å². The van der Waals surface area contributed by atoms with Gasteiger partial charge in [-0.3, -0.25) is 0 Å². The first-order chi connectivity index (χ1) is 15.8. The molecule has 1 heterocycles. The highest BCUT2D eigenvalue weighted by molar-refractivity contribution is 7.89. The lowest BCUT2D eigenvalue weighted by atomic mass is 9.80. The molecule has 0 radical (unpaired) electrons. The minimum atomic E-state index is -3.64. The Kier molecular flexibility index (Phi) is 7.18. The Morgan fingerprint density at radius 2 is 1.82 bits per heavy atom. The van der Waals surface area contributed by atoms with Gasteiger partial charge in [0.05, 0.1) is 4.90 Å². The molecule has 0 spiro atoms. The minimum absolute atomic E-state index is 0.131. The van der Waals surface area contributed by atoms with E-state index < -0.39 is 21.7 Å². The molecule has 1 fully saturated rings. The molecule has 2 aromatic carbocycles. The smallest absolute Gasteiger partial charge is 0.243 e. The van der Waals surface area contributed by atoms with E-state index in [1.54, 1.807) is 31.3 Å². The van der Waals surface area contributed by atoms with Gasteiger partial charge in [-0.25, -0.2) is 17.2 Å². The summed E-state index contributed by atoms with van der Waals surface area (Å²) in [5.41, 5.74) is 8.13. The Morgan fingerprint density at radius 1 is 1.12 bits per heavy atom. The molecule has 0 unspecified atom stereocenters. The van der Waals surface area contributed by atoms with Crippen molar-refractivity contribution < 1.29 is 17.2 Å². The fraction of sp³-hybridized carbons (Fsp3) is 0.391. The average Bonchev–Trinajstić information content (AvgIpc) is 3.36. The number of sulfonamides is 1. The number of nitrogens with two attached hydrogens (primary N) is 1.